The van der Waals surface area contributed by atoms with Crippen LogP contribution < -0.4 is 4.74 Å². The van der Waals surface area contributed by atoms with E-state index in [1.165, 1.54) is 29.5 Å². The van der Waals surface area contributed by atoms with E-state index in [1.54, 1.807) is 0 Å². The van der Waals surface area contributed by atoms with Crippen molar-refractivity contribution in [3.8, 4) is 5.75 Å². The Labute approximate surface area is 93.5 Å². The van der Waals surface area contributed by atoms with E-state index in [9.17, 15) is 0 Å². The summed E-state index contributed by atoms with van der Waals surface area (Å²) in [6.45, 7) is 9.42. The van der Waals surface area contributed by atoms with E-state index in [0.717, 1.165) is 18.8 Å². The number of hydrogen-bond acceptors (Lipinski definition) is 1. The first-order valence-electron chi connectivity index (χ1n) is 5.85. The predicted octanol–water partition coefficient (Wildman–Crippen LogP) is 4.18. The second-order valence-corrected chi connectivity index (χ2v) is 4.28. The Morgan fingerprint density at radius 3 is 2.13 bits per heavy atom. The highest BCUT2D eigenvalue weighted by Crippen LogP contribution is 2.24. The summed E-state index contributed by atoms with van der Waals surface area (Å²) in [6.07, 6.45) is 3.66. The standard InChI is InChI=1S/C14H22O/c1-5-6-7-8-15-14-12(3)9-11(2)10-13(14)4/h9-10H,5-8H2,1-4H3. The molecule has 0 aliphatic rings. The molecular weight excluding hydrogens is 184 g/mol. The molecule has 0 atom stereocenters. The molecule has 0 saturated carbocycles. The van der Waals surface area contributed by atoms with Crippen LogP contribution in [0.1, 0.15) is 42.9 Å². The molecule has 0 aliphatic heterocycles. The molecule has 1 aromatic carbocycles. The van der Waals surface area contributed by atoms with E-state index >= 15 is 0 Å². The van der Waals surface area contributed by atoms with Crippen LogP contribution in [0.3, 0.4) is 0 Å². The molecule has 0 radical (unpaired) electrons. The van der Waals surface area contributed by atoms with Crippen molar-refractivity contribution in [2.24, 2.45) is 0 Å². The van der Waals surface area contributed by atoms with Gasteiger partial charge >= 0.3 is 0 Å². The number of benzene rings is 1. The molecule has 1 aromatic rings. The van der Waals surface area contributed by atoms with Crippen LogP contribution in [0, 0.1) is 20.8 Å². The Bertz CT molecular complexity index is 292. The average Bonchev–Trinajstić information content (AvgIpc) is 2.15. The van der Waals surface area contributed by atoms with Crippen LogP contribution in [0.2, 0.25) is 0 Å². The van der Waals surface area contributed by atoms with Gasteiger partial charge in [0.15, 0.2) is 0 Å². The van der Waals surface area contributed by atoms with E-state index in [2.05, 4.69) is 39.8 Å². The summed E-state index contributed by atoms with van der Waals surface area (Å²) in [5.41, 5.74) is 3.82. The van der Waals surface area contributed by atoms with Crippen LogP contribution in [0.15, 0.2) is 12.1 Å². The molecule has 0 saturated heterocycles. The summed E-state index contributed by atoms with van der Waals surface area (Å²) >= 11 is 0. The molecule has 0 amide bonds. The number of unbranched alkanes of at least 4 members (excludes halogenated alkanes) is 2. The van der Waals surface area contributed by atoms with Crippen molar-refractivity contribution in [3.05, 3.63) is 28.8 Å². The van der Waals surface area contributed by atoms with Gasteiger partial charge in [-0.1, -0.05) is 37.5 Å². The van der Waals surface area contributed by atoms with Crippen LogP contribution in [0.5, 0.6) is 5.75 Å². The fourth-order valence-corrected chi connectivity index (χ4v) is 1.92. The van der Waals surface area contributed by atoms with Crippen molar-refractivity contribution >= 4 is 0 Å². The van der Waals surface area contributed by atoms with Gasteiger partial charge in [-0.25, -0.2) is 0 Å². The number of ether oxygens (including phenoxy) is 1. The van der Waals surface area contributed by atoms with Crippen LogP contribution in [-0.4, -0.2) is 6.61 Å². The number of aryl methyl sites for hydroxylation is 3. The third-order valence-electron chi connectivity index (χ3n) is 2.60. The molecule has 84 valence electrons. The van der Waals surface area contributed by atoms with Gasteiger partial charge in [0.05, 0.1) is 6.61 Å². The van der Waals surface area contributed by atoms with Gasteiger partial charge in [0, 0.05) is 0 Å². The summed E-state index contributed by atoms with van der Waals surface area (Å²) < 4.78 is 5.82. The topological polar surface area (TPSA) is 9.23 Å². The minimum atomic E-state index is 0.846. The molecule has 0 bridgehead atoms. The van der Waals surface area contributed by atoms with E-state index in [0.29, 0.717) is 0 Å². The summed E-state index contributed by atoms with van der Waals surface area (Å²) in [5.74, 6) is 1.08. The van der Waals surface area contributed by atoms with Crippen molar-refractivity contribution < 1.29 is 4.74 Å². The van der Waals surface area contributed by atoms with Crippen molar-refractivity contribution in [1.29, 1.82) is 0 Å². The van der Waals surface area contributed by atoms with Gasteiger partial charge in [0.1, 0.15) is 5.75 Å². The lowest BCUT2D eigenvalue weighted by Gasteiger charge is -2.12. The Morgan fingerprint density at radius 1 is 1.00 bits per heavy atom. The zero-order chi connectivity index (χ0) is 11.3. The summed E-state index contributed by atoms with van der Waals surface area (Å²) in [5, 5.41) is 0. The largest absolute Gasteiger partial charge is 0.493 e. The van der Waals surface area contributed by atoms with E-state index < -0.39 is 0 Å². The van der Waals surface area contributed by atoms with Crippen LogP contribution in [-0.2, 0) is 0 Å². The van der Waals surface area contributed by atoms with Crippen molar-refractivity contribution in [3.63, 3.8) is 0 Å². The first kappa shape index (κ1) is 12.1. The van der Waals surface area contributed by atoms with Crippen molar-refractivity contribution in [2.75, 3.05) is 6.61 Å². The van der Waals surface area contributed by atoms with Crippen LogP contribution in [0.25, 0.3) is 0 Å². The molecule has 0 unspecified atom stereocenters. The summed E-state index contributed by atoms with van der Waals surface area (Å²) in [6, 6.07) is 4.37. The summed E-state index contributed by atoms with van der Waals surface area (Å²) in [4.78, 5) is 0. The zero-order valence-electron chi connectivity index (χ0n) is 10.4. The Kier molecular flexibility index (Phi) is 4.67. The molecule has 0 aromatic heterocycles. The third-order valence-corrected chi connectivity index (χ3v) is 2.60. The monoisotopic (exact) mass is 206 g/mol. The highest BCUT2D eigenvalue weighted by atomic mass is 16.5. The smallest absolute Gasteiger partial charge is 0.125 e. The fraction of sp³-hybridized carbons (Fsp3) is 0.571. The van der Waals surface area contributed by atoms with E-state index in [4.69, 9.17) is 4.74 Å². The first-order chi connectivity index (χ1) is 7.15. The normalized spacial score (nSPS) is 10.4. The average molecular weight is 206 g/mol. The lowest BCUT2D eigenvalue weighted by atomic mass is 10.1. The maximum atomic E-state index is 5.82. The molecule has 15 heavy (non-hydrogen) atoms. The van der Waals surface area contributed by atoms with Crippen molar-refractivity contribution in [2.45, 2.75) is 47.0 Å². The Balaban J connectivity index is 2.60. The van der Waals surface area contributed by atoms with Gasteiger partial charge in [-0.15, -0.1) is 0 Å². The molecule has 0 N–H and O–H groups in total. The second-order valence-electron chi connectivity index (χ2n) is 4.28. The molecule has 0 spiro atoms. The Morgan fingerprint density at radius 2 is 1.60 bits per heavy atom. The zero-order valence-corrected chi connectivity index (χ0v) is 10.4. The van der Waals surface area contributed by atoms with Gasteiger partial charge in [0.2, 0.25) is 0 Å². The van der Waals surface area contributed by atoms with Crippen LogP contribution >= 0.6 is 0 Å². The van der Waals surface area contributed by atoms with E-state index in [1.807, 2.05) is 0 Å². The molecule has 1 nitrogen and oxygen atoms in total. The molecule has 1 heteroatoms. The fourth-order valence-electron chi connectivity index (χ4n) is 1.92. The van der Waals surface area contributed by atoms with Gasteiger partial charge < -0.3 is 4.74 Å². The molecule has 0 fully saturated rings. The van der Waals surface area contributed by atoms with Gasteiger partial charge in [0.25, 0.3) is 0 Å². The molecule has 1 rings (SSSR count). The highest BCUT2D eigenvalue weighted by molar-refractivity contribution is 5.42. The quantitative estimate of drug-likeness (QED) is 0.657. The minimum Gasteiger partial charge on any atom is -0.493 e. The summed E-state index contributed by atoms with van der Waals surface area (Å²) in [7, 11) is 0. The van der Waals surface area contributed by atoms with Gasteiger partial charge in [-0.3, -0.25) is 0 Å². The third kappa shape index (κ3) is 3.58. The minimum absolute atomic E-state index is 0.846. The Hall–Kier alpha value is -0.980. The highest BCUT2D eigenvalue weighted by Gasteiger charge is 2.04. The molecular formula is C14H22O. The maximum absolute atomic E-state index is 5.82. The first-order valence-corrected chi connectivity index (χ1v) is 5.85. The predicted molar refractivity (Wildman–Crippen MR) is 65.7 cm³/mol. The van der Waals surface area contributed by atoms with Gasteiger partial charge in [-0.2, -0.15) is 0 Å². The van der Waals surface area contributed by atoms with Crippen LogP contribution in [0.4, 0.5) is 0 Å². The number of rotatable bonds is 5. The van der Waals surface area contributed by atoms with E-state index in [-0.39, 0.29) is 0 Å². The lowest BCUT2D eigenvalue weighted by molar-refractivity contribution is 0.302. The molecule has 0 heterocycles. The molecule has 0 aliphatic carbocycles. The SMILES string of the molecule is CCCCCOc1c(C)cc(C)cc1C. The number of hydrogen-bond donors (Lipinski definition) is 0. The second kappa shape index (κ2) is 5.79. The van der Waals surface area contributed by atoms with Gasteiger partial charge in [-0.05, 0) is 38.3 Å². The lowest BCUT2D eigenvalue weighted by Crippen LogP contribution is -2.00. The van der Waals surface area contributed by atoms with Crippen molar-refractivity contribution in [1.82, 2.24) is 0 Å². The maximum Gasteiger partial charge on any atom is 0.125 e.